The van der Waals surface area contributed by atoms with Crippen molar-refractivity contribution in [3.63, 3.8) is 0 Å². The van der Waals surface area contributed by atoms with E-state index in [1.807, 2.05) is 0 Å². The highest BCUT2D eigenvalue weighted by Gasteiger charge is 2.32. The van der Waals surface area contributed by atoms with E-state index in [-0.39, 0.29) is 18.0 Å². The molecular weight excluding hydrogens is 404 g/mol. The van der Waals surface area contributed by atoms with Gasteiger partial charge >= 0.3 is 11.9 Å². The number of carbonyl (C=O) groups excluding carboxylic acids is 2. The quantitative estimate of drug-likeness (QED) is 0.430. The largest absolute Gasteiger partial charge is 0.478 e. The Bertz CT molecular complexity index is 1060. The summed E-state index contributed by atoms with van der Waals surface area (Å²) in [7, 11) is 1.32. The number of amidine groups is 1. The SMILES string of the molecule is C=CCN1C(=O)/C(=C/c2ccc(C(=O)OC)cc2)SC1=Nc1ccc(C(=O)O)cc1. The predicted octanol–water partition coefficient (Wildman–Crippen LogP) is 3.96. The van der Waals surface area contributed by atoms with E-state index in [9.17, 15) is 14.4 Å². The van der Waals surface area contributed by atoms with Crippen molar-refractivity contribution in [2.24, 2.45) is 4.99 Å². The second-order valence-corrected chi connectivity index (χ2v) is 7.18. The highest BCUT2D eigenvalue weighted by molar-refractivity contribution is 8.18. The van der Waals surface area contributed by atoms with Crippen molar-refractivity contribution in [3.8, 4) is 0 Å². The summed E-state index contributed by atoms with van der Waals surface area (Å²) >= 11 is 1.21. The van der Waals surface area contributed by atoms with E-state index in [1.165, 1.54) is 35.9 Å². The molecule has 0 saturated carbocycles. The zero-order valence-corrected chi connectivity index (χ0v) is 16.9. The Kier molecular flexibility index (Phi) is 6.48. The number of amides is 1. The van der Waals surface area contributed by atoms with E-state index in [0.29, 0.717) is 21.3 Å². The summed E-state index contributed by atoms with van der Waals surface area (Å²) in [5.41, 5.74) is 1.87. The third-order valence-corrected chi connectivity index (χ3v) is 5.17. The molecule has 7 nitrogen and oxygen atoms in total. The second-order valence-electron chi connectivity index (χ2n) is 6.18. The van der Waals surface area contributed by atoms with Crippen LogP contribution in [0.2, 0.25) is 0 Å². The molecule has 1 aliphatic heterocycles. The van der Waals surface area contributed by atoms with Crippen LogP contribution in [0.3, 0.4) is 0 Å². The van der Waals surface area contributed by atoms with Crippen LogP contribution < -0.4 is 0 Å². The summed E-state index contributed by atoms with van der Waals surface area (Å²) in [4.78, 5) is 41.8. The summed E-state index contributed by atoms with van der Waals surface area (Å²) in [5.74, 6) is -1.66. The van der Waals surface area contributed by atoms with Gasteiger partial charge in [-0.25, -0.2) is 14.6 Å². The number of ether oxygens (including phenoxy) is 1. The summed E-state index contributed by atoms with van der Waals surface area (Å²) in [6.45, 7) is 3.98. The van der Waals surface area contributed by atoms with Crippen LogP contribution in [0.5, 0.6) is 0 Å². The molecule has 30 heavy (non-hydrogen) atoms. The fourth-order valence-electron chi connectivity index (χ4n) is 2.66. The van der Waals surface area contributed by atoms with E-state index < -0.39 is 11.9 Å². The van der Waals surface area contributed by atoms with Crippen molar-refractivity contribution in [2.75, 3.05) is 13.7 Å². The molecule has 1 aliphatic rings. The maximum Gasteiger partial charge on any atom is 0.337 e. The first-order valence-corrected chi connectivity index (χ1v) is 9.67. The van der Waals surface area contributed by atoms with Crippen LogP contribution in [0.25, 0.3) is 6.08 Å². The molecule has 0 bridgehead atoms. The number of rotatable bonds is 6. The molecule has 0 radical (unpaired) electrons. The minimum absolute atomic E-state index is 0.160. The van der Waals surface area contributed by atoms with Gasteiger partial charge in [-0.2, -0.15) is 0 Å². The van der Waals surface area contributed by atoms with Gasteiger partial charge in [0.15, 0.2) is 5.17 Å². The molecule has 0 aliphatic carbocycles. The number of aliphatic imine (C=N–C) groups is 1. The first-order chi connectivity index (χ1) is 14.4. The molecule has 1 saturated heterocycles. The molecule has 2 aromatic rings. The number of methoxy groups -OCH3 is 1. The van der Waals surface area contributed by atoms with E-state index >= 15 is 0 Å². The number of aromatic carboxylic acids is 1. The van der Waals surface area contributed by atoms with Crippen molar-refractivity contribution >= 4 is 46.5 Å². The van der Waals surface area contributed by atoms with Gasteiger partial charge in [0, 0.05) is 6.54 Å². The Hall–Kier alpha value is -3.65. The third-order valence-electron chi connectivity index (χ3n) is 4.17. The molecule has 0 spiro atoms. The molecule has 8 heteroatoms. The highest BCUT2D eigenvalue weighted by Crippen LogP contribution is 2.34. The Morgan fingerprint density at radius 1 is 1.13 bits per heavy atom. The zero-order chi connectivity index (χ0) is 21.7. The molecule has 2 aromatic carbocycles. The fourth-order valence-corrected chi connectivity index (χ4v) is 3.66. The summed E-state index contributed by atoms with van der Waals surface area (Å²) in [6.07, 6.45) is 3.33. The van der Waals surface area contributed by atoms with Gasteiger partial charge in [-0.1, -0.05) is 18.2 Å². The first-order valence-electron chi connectivity index (χ1n) is 8.85. The lowest BCUT2D eigenvalue weighted by Gasteiger charge is -2.12. The molecular formula is C22H18N2O5S. The van der Waals surface area contributed by atoms with Gasteiger partial charge in [-0.05, 0) is 59.8 Å². The van der Waals surface area contributed by atoms with Crippen molar-refractivity contribution in [1.82, 2.24) is 4.90 Å². The molecule has 1 N–H and O–H groups in total. The minimum Gasteiger partial charge on any atom is -0.478 e. The van der Waals surface area contributed by atoms with Crippen molar-refractivity contribution in [3.05, 3.63) is 82.8 Å². The molecule has 1 fully saturated rings. The van der Waals surface area contributed by atoms with Crippen LogP contribution in [0, 0.1) is 0 Å². The average Bonchev–Trinajstić information content (AvgIpc) is 3.03. The van der Waals surface area contributed by atoms with Crippen LogP contribution in [-0.4, -0.2) is 46.7 Å². The van der Waals surface area contributed by atoms with Crippen molar-refractivity contribution in [2.45, 2.75) is 0 Å². The molecule has 0 unspecified atom stereocenters. The number of carbonyl (C=O) groups is 3. The summed E-state index contributed by atoms with van der Waals surface area (Å²) in [6, 6.07) is 12.8. The van der Waals surface area contributed by atoms with Crippen LogP contribution in [0.1, 0.15) is 26.3 Å². The van der Waals surface area contributed by atoms with Crippen LogP contribution >= 0.6 is 11.8 Å². The van der Waals surface area contributed by atoms with E-state index in [4.69, 9.17) is 5.11 Å². The Balaban J connectivity index is 1.88. The molecule has 0 atom stereocenters. The minimum atomic E-state index is -1.02. The lowest BCUT2D eigenvalue weighted by atomic mass is 10.1. The third kappa shape index (κ3) is 4.66. The first kappa shape index (κ1) is 21.1. The molecule has 1 amide bonds. The lowest BCUT2D eigenvalue weighted by molar-refractivity contribution is -0.121. The van der Waals surface area contributed by atoms with Crippen LogP contribution in [0.15, 0.2) is 71.1 Å². The maximum atomic E-state index is 12.8. The number of carboxylic acids is 1. The Morgan fingerprint density at radius 2 is 1.77 bits per heavy atom. The van der Waals surface area contributed by atoms with Gasteiger partial charge in [0.1, 0.15) is 0 Å². The molecule has 0 aromatic heterocycles. The number of carboxylic acid groups (broad SMARTS) is 1. The standard InChI is InChI=1S/C22H18N2O5S/c1-3-12-24-19(25)18(13-14-4-6-16(7-5-14)21(28)29-2)30-22(24)23-17-10-8-15(9-11-17)20(26)27/h3-11,13H,1,12H2,2H3,(H,26,27)/b18-13-,23-22?. The molecule has 1 heterocycles. The van der Waals surface area contributed by atoms with E-state index in [0.717, 1.165) is 5.56 Å². The number of nitrogens with zero attached hydrogens (tertiary/aromatic N) is 2. The molecule has 3 rings (SSSR count). The van der Waals surface area contributed by atoms with Crippen molar-refractivity contribution in [1.29, 1.82) is 0 Å². The normalized spacial score (nSPS) is 16.2. The van der Waals surface area contributed by atoms with Crippen molar-refractivity contribution < 1.29 is 24.2 Å². The van der Waals surface area contributed by atoms with E-state index in [1.54, 1.807) is 48.6 Å². The Morgan fingerprint density at radius 3 is 2.33 bits per heavy atom. The number of hydrogen-bond donors (Lipinski definition) is 1. The second kappa shape index (κ2) is 9.23. The number of thioether (sulfide) groups is 1. The van der Waals surface area contributed by atoms with Gasteiger partial charge < -0.3 is 9.84 Å². The summed E-state index contributed by atoms with van der Waals surface area (Å²) in [5, 5.41) is 9.48. The van der Waals surface area contributed by atoms with Gasteiger partial charge in [0.2, 0.25) is 0 Å². The average molecular weight is 422 g/mol. The van der Waals surface area contributed by atoms with Crippen LogP contribution in [0.4, 0.5) is 5.69 Å². The van der Waals surface area contributed by atoms with Crippen LogP contribution in [-0.2, 0) is 9.53 Å². The highest BCUT2D eigenvalue weighted by atomic mass is 32.2. The topological polar surface area (TPSA) is 96.3 Å². The maximum absolute atomic E-state index is 12.8. The number of hydrogen-bond acceptors (Lipinski definition) is 6. The van der Waals surface area contributed by atoms with Gasteiger partial charge in [-0.3, -0.25) is 9.69 Å². The Labute approximate surface area is 177 Å². The van der Waals surface area contributed by atoms with Gasteiger partial charge in [0.05, 0.1) is 28.8 Å². The predicted molar refractivity (Wildman–Crippen MR) is 116 cm³/mol. The van der Waals surface area contributed by atoms with Gasteiger partial charge in [0.25, 0.3) is 5.91 Å². The summed E-state index contributed by atoms with van der Waals surface area (Å²) < 4.78 is 4.68. The van der Waals surface area contributed by atoms with E-state index in [2.05, 4.69) is 16.3 Å². The fraction of sp³-hybridized carbons (Fsp3) is 0.0909. The zero-order valence-electron chi connectivity index (χ0n) is 16.1. The smallest absolute Gasteiger partial charge is 0.337 e. The van der Waals surface area contributed by atoms with Gasteiger partial charge in [-0.15, -0.1) is 6.58 Å². The number of benzene rings is 2. The lowest BCUT2D eigenvalue weighted by Crippen LogP contribution is -2.29. The molecule has 152 valence electrons. The monoisotopic (exact) mass is 422 g/mol. The number of esters is 1.